The molecular formula is C19H16F2N2O3S. The van der Waals surface area contributed by atoms with Crippen LogP contribution < -0.4 is 4.74 Å². The Balaban J connectivity index is 1.66. The first-order chi connectivity index (χ1) is 12.9. The van der Waals surface area contributed by atoms with Crippen molar-refractivity contribution in [2.24, 2.45) is 0 Å². The molecule has 0 saturated carbocycles. The molecule has 5 nitrogen and oxygen atoms in total. The Morgan fingerprint density at radius 2 is 1.89 bits per heavy atom. The number of Topliss-reactive ketones (excluding diaryl/α,β-unsaturated/α-hetero) is 1. The zero-order chi connectivity index (χ0) is 19.4. The van der Waals surface area contributed by atoms with Gasteiger partial charge in [0.25, 0.3) is 5.22 Å². The van der Waals surface area contributed by atoms with Gasteiger partial charge in [-0.2, -0.15) is 8.78 Å². The van der Waals surface area contributed by atoms with Crippen LogP contribution >= 0.6 is 11.8 Å². The Morgan fingerprint density at radius 3 is 2.56 bits per heavy atom. The second-order valence-electron chi connectivity index (χ2n) is 5.77. The molecule has 1 atom stereocenters. The summed E-state index contributed by atoms with van der Waals surface area (Å²) in [5.41, 5.74) is 2.26. The Bertz CT molecular complexity index is 929. The van der Waals surface area contributed by atoms with E-state index in [-0.39, 0.29) is 16.8 Å². The number of aryl methyl sites for hydroxylation is 1. The molecule has 8 heteroatoms. The summed E-state index contributed by atoms with van der Waals surface area (Å²) < 4.78 is 34.3. The summed E-state index contributed by atoms with van der Waals surface area (Å²) in [5.74, 6) is 0.204. The molecule has 0 bridgehead atoms. The molecule has 0 aliphatic heterocycles. The average molecular weight is 390 g/mol. The molecule has 1 heterocycles. The maximum absolute atomic E-state index is 12.5. The molecule has 0 N–H and O–H groups in total. The van der Waals surface area contributed by atoms with Crippen molar-refractivity contribution in [2.75, 3.05) is 0 Å². The van der Waals surface area contributed by atoms with Gasteiger partial charge in [0, 0.05) is 11.1 Å². The van der Waals surface area contributed by atoms with E-state index in [9.17, 15) is 13.6 Å². The topological polar surface area (TPSA) is 65.2 Å². The van der Waals surface area contributed by atoms with E-state index in [0.29, 0.717) is 11.5 Å². The number of halogens is 2. The van der Waals surface area contributed by atoms with Crippen LogP contribution in [0.25, 0.3) is 11.5 Å². The van der Waals surface area contributed by atoms with Crippen molar-refractivity contribution in [3.63, 3.8) is 0 Å². The molecule has 0 amide bonds. The largest absolute Gasteiger partial charge is 0.435 e. The van der Waals surface area contributed by atoms with Crippen LogP contribution in [0.15, 0.2) is 58.2 Å². The number of ether oxygens (including phenoxy) is 1. The Morgan fingerprint density at radius 1 is 1.15 bits per heavy atom. The number of aromatic nitrogens is 2. The summed E-state index contributed by atoms with van der Waals surface area (Å²) in [7, 11) is 0. The fourth-order valence-electron chi connectivity index (χ4n) is 2.39. The van der Waals surface area contributed by atoms with Crippen molar-refractivity contribution < 1.29 is 22.7 Å². The minimum atomic E-state index is -2.90. The van der Waals surface area contributed by atoms with Crippen molar-refractivity contribution in [1.82, 2.24) is 10.2 Å². The van der Waals surface area contributed by atoms with Crippen LogP contribution in [0.1, 0.15) is 22.8 Å². The van der Waals surface area contributed by atoms with Crippen LogP contribution in [0.5, 0.6) is 5.75 Å². The monoisotopic (exact) mass is 390 g/mol. The van der Waals surface area contributed by atoms with Gasteiger partial charge in [0.1, 0.15) is 5.75 Å². The predicted molar refractivity (Wildman–Crippen MR) is 97.2 cm³/mol. The van der Waals surface area contributed by atoms with E-state index in [1.54, 1.807) is 6.92 Å². The number of carbonyl (C=O) groups is 1. The Hall–Kier alpha value is -2.74. The zero-order valence-electron chi connectivity index (χ0n) is 14.6. The number of carbonyl (C=O) groups excluding carboxylic acids is 1. The van der Waals surface area contributed by atoms with Crippen molar-refractivity contribution in [1.29, 1.82) is 0 Å². The molecular weight excluding hydrogens is 374 g/mol. The molecule has 0 fully saturated rings. The van der Waals surface area contributed by atoms with E-state index in [1.165, 1.54) is 24.3 Å². The highest BCUT2D eigenvalue weighted by Crippen LogP contribution is 2.28. The highest BCUT2D eigenvalue weighted by Gasteiger charge is 2.20. The maximum Gasteiger partial charge on any atom is 0.387 e. The molecule has 0 spiro atoms. The molecule has 2 aromatic carbocycles. The smallest absolute Gasteiger partial charge is 0.387 e. The van der Waals surface area contributed by atoms with Gasteiger partial charge in [-0.05, 0) is 50.2 Å². The number of ketones is 1. The quantitative estimate of drug-likeness (QED) is 0.417. The number of alkyl halides is 2. The van der Waals surface area contributed by atoms with E-state index in [2.05, 4.69) is 14.9 Å². The number of benzene rings is 2. The predicted octanol–water partition coefficient (Wildman–Crippen LogP) is 5.01. The number of thioether (sulfide) groups is 1. The second kappa shape index (κ2) is 8.30. The van der Waals surface area contributed by atoms with Crippen LogP contribution in [-0.4, -0.2) is 27.8 Å². The fourth-order valence-corrected chi connectivity index (χ4v) is 3.15. The first kappa shape index (κ1) is 19.0. The third-order valence-electron chi connectivity index (χ3n) is 3.68. The molecule has 27 heavy (non-hydrogen) atoms. The average Bonchev–Trinajstić information content (AvgIpc) is 3.10. The first-order valence-electron chi connectivity index (χ1n) is 8.08. The van der Waals surface area contributed by atoms with Crippen LogP contribution in [0.3, 0.4) is 0 Å². The van der Waals surface area contributed by atoms with E-state index in [0.717, 1.165) is 22.9 Å². The third kappa shape index (κ3) is 4.91. The van der Waals surface area contributed by atoms with E-state index in [1.807, 2.05) is 31.2 Å². The van der Waals surface area contributed by atoms with Crippen LogP contribution in [0, 0.1) is 6.92 Å². The van der Waals surface area contributed by atoms with Gasteiger partial charge >= 0.3 is 6.61 Å². The van der Waals surface area contributed by atoms with Gasteiger partial charge in [0.05, 0.1) is 5.25 Å². The molecule has 3 rings (SSSR count). The SMILES string of the molecule is Cc1cccc(-c2nnc(S[C@H](C)C(=O)c3ccc(OC(F)F)cc3)o2)c1. The Labute approximate surface area is 158 Å². The summed E-state index contributed by atoms with van der Waals surface area (Å²) >= 11 is 1.14. The molecule has 0 saturated heterocycles. The Kier molecular flexibility index (Phi) is 5.85. The lowest BCUT2D eigenvalue weighted by Gasteiger charge is -2.09. The fraction of sp³-hybridized carbons (Fsp3) is 0.211. The van der Waals surface area contributed by atoms with Crippen LogP contribution in [0.4, 0.5) is 8.78 Å². The molecule has 140 valence electrons. The summed E-state index contributed by atoms with van der Waals surface area (Å²) in [5, 5.41) is 7.79. The van der Waals surface area contributed by atoms with Gasteiger partial charge in [0.2, 0.25) is 5.89 Å². The van der Waals surface area contributed by atoms with Gasteiger partial charge in [-0.1, -0.05) is 29.5 Å². The molecule has 0 aliphatic rings. The number of hydrogen-bond acceptors (Lipinski definition) is 6. The lowest BCUT2D eigenvalue weighted by molar-refractivity contribution is -0.0498. The summed E-state index contributed by atoms with van der Waals surface area (Å²) in [6, 6.07) is 13.2. The lowest BCUT2D eigenvalue weighted by atomic mass is 10.1. The van der Waals surface area contributed by atoms with Crippen molar-refractivity contribution >= 4 is 17.5 Å². The highest BCUT2D eigenvalue weighted by atomic mass is 32.2. The maximum atomic E-state index is 12.5. The van der Waals surface area contributed by atoms with Gasteiger partial charge in [-0.15, -0.1) is 10.2 Å². The number of hydrogen-bond donors (Lipinski definition) is 0. The lowest BCUT2D eigenvalue weighted by Crippen LogP contribution is -2.13. The summed E-state index contributed by atoms with van der Waals surface area (Å²) in [6.45, 7) is 0.780. The van der Waals surface area contributed by atoms with E-state index < -0.39 is 11.9 Å². The summed E-state index contributed by atoms with van der Waals surface area (Å²) in [4.78, 5) is 12.5. The minimum absolute atomic E-state index is 0.00144. The van der Waals surface area contributed by atoms with Gasteiger partial charge in [-0.25, -0.2) is 0 Å². The summed E-state index contributed by atoms with van der Waals surface area (Å²) in [6.07, 6.45) is 0. The molecule has 0 unspecified atom stereocenters. The molecule has 1 aromatic heterocycles. The third-order valence-corrected chi connectivity index (χ3v) is 4.62. The number of rotatable bonds is 7. The van der Waals surface area contributed by atoms with Crippen molar-refractivity contribution in [3.8, 4) is 17.2 Å². The normalized spacial score (nSPS) is 12.2. The minimum Gasteiger partial charge on any atom is -0.435 e. The standard InChI is InChI=1S/C19H16F2N2O3S/c1-11-4-3-5-14(10-11)17-22-23-19(26-17)27-12(2)16(24)13-6-8-15(9-7-13)25-18(20)21/h3-10,12,18H,1-2H3/t12-/m1/s1. The zero-order valence-corrected chi connectivity index (χ0v) is 15.4. The molecule has 0 aliphatic carbocycles. The second-order valence-corrected chi connectivity index (χ2v) is 7.06. The van der Waals surface area contributed by atoms with E-state index >= 15 is 0 Å². The molecule has 0 radical (unpaired) electrons. The number of nitrogens with zero attached hydrogens (tertiary/aromatic N) is 2. The van der Waals surface area contributed by atoms with Crippen molar-refractivity contribution in [2.45, 2.75) is 30.9 Å². The van der Waals surface area contributed by atoms with Crippen LogP contribution in [0.2, 0.25) is 0 Å². The van der Waals surface area contributed by atoms with Gasteiger partial charge in [0.15, 0.2) is 5.78 Å². The van der Waals surface area contributed by atoms with Gasteiger partial charge < -0.3 is 9.15 Å². The van der Waals surface area contributed by atoms with Crippen molar-refractivity contribution in [3.05, 3.63) is 59.7 Å². The van der Waals surface area contributed by atoms with Crippen LogP contribution in [-0.2, 0) is 0 Å². The first-order valence-corrected chi connectivity index (χ1v) is 8.96. The highest BCUT2D eigenvalue weighted by molar-refractivity contribution is 8.00. The van der Waals surface area contributed by atoms with Gasteiger partial charge in [-0.3, -0.25) is 4.79 Å². The van der Waals surface area contributed by atoms with E-state index in [4.69, 9.17) is 4.42 Å². The molecule has 3 aromatic rings.